The van der Waals surface area contributed by atoms with Crippen molar-refractivity contribution in [2.75, 3.05) is 22.9 Å². The van der Waals surface area contributed by atoms with Crippen LogP contribution in [0, 0.1) is 6.92 Å². The second-order valence-electron chi connectivity index (χ2n) is 7.08. The molecule has 0 aliphatic rings. The van der Waals surface area contributed by atoms with Gasteiger partial charge in [0.2, 0.25) is 0 Å². The summed E-state index contributed by atoms with van der Waals surface area (Å²) in [4.78, 5) is 15.6. The first-order chi connectivity index (χ1) is 14.5. The monoisotopic (exact) mass is 416 g/mol. The Morgan fingerprint density at radius 2 is 1.63 bits per heavy atom. The molecule has 0 saturated carbocycles. The van der Waals surface area contributed by atoms with Crippen molar-refractivity contribution in [2.24, 2.45) is 0 Å². The molecule has 4 N–H and O–H groups in total. The lowest BCUT2D eigenvalue weighted by atomic mass is 10.0. The first kappa shape index (κ1) is 19.8. The average molecular weight is 417 g/mol. The summed E-state index contributed by atoms with van der Waals surface area (Å²) in [6.07, 6.45) is 0.992. The van der Waals surface area contributed by atoms with Crippen molar-refractivity contribution < 1.29 is 0 Å². The normalized spacial score (nSPS) is 10.9. The summed E-state index contributed by atoms with van der Waals surface area (Å²) in [5, 5.41) is 2.84. The average Bonchev–Trinajstić information content (AvgIpc) is 3.23. The molecule has 4 rings (SSSR count). The molecule has 0 bridgehead atoms. The summed E-state index contributed by atoms with van der Waals surface area (Å²) < 4.78 is 0. The Labute approximate surface area is 180 Å². The first-order valence-electron chi connectivity index (χ1n) is 9.84. The Balaban J connectivity index is 1.74. The Morgan fingerprint density at radius 3 is 2.33 bits per heavy atom. The third-order valence-electron chi connectivity index (χ3n) is 4.77. The zero-order valence-electron chi connectivity index (χ0n) is 17.0. The number of nitrogens with zero attached hydrogens (tertiary/aromatic N) is 4. The van der Waals surface area contributed by atoms with E-state index in [0.717, 1.165) is 23.8 Å². The van der Waals surface area contributed by atoms with E-state index < -0.39 is 0 Å². The summed E-state index contributed by atoms with van der Waals surface area (Å²) in [5.74, 6) is 1.12. The van der Waals surface area contributed by atoms with Crippen LogP contribution in [0.2, 0.25) is 0 Å². The largest absolute Gasteiger partial charge is 0.384 e. The van der Waals surface area contributed by atoms with Crippen LogP contribution in [0.25, 0.3) is 22.6 Å². The van der Waals surface area contributed by atoms with Gasteiger partial charge in [-0.2, -0.15) is 0 Å². The highest BCUT2D eigenvalue weighted by molar-refractivity contribution is 7.14. The van der Waals surface area contributed by atoms with Crippen molar-refractivity contribution in [3.63, 3.8) is 0 Å². The van der Waals surface area contributed by atoms with Gasteiger partial charge in [-0.3, -0.25) is 0 Å². The number of aromatic nitrogens is 3. The van der Waals surface area contributed by atoms with Crippen LogP contribution in [0.5, 0.6) is 0 Å². The van der Waals surface area contributed by atoms with Crippen LogP contribution in [0.3, 0.4) is 0 Å². The molecular weight excluding hydrogens is 392 g/mol. The predicted molar refractivity (Wildman–Crippen MR) is 126 cm³/mol. The van der Waals surface area contributed by atoms with E-state index in [0.29, 0.717) is 23.2 Å². The van der Waals surface area contributed by atoms with Gasteiger partial charge in [0.05, 0.1) is 0 Å². The highest BCUT2D eigenvalue weighted by atomic mass is 32.1. The van der Waals surface area contributed by atoms with E-state index in [9.17, 15) is 0 Å². The fraction of sp³-hybridized carbons (Fsp3) is 0.174. The Hall–Kier alpha value is -3.45. The molecule has 4 aromatic rings. The number of nitrogens with two attached hydrogens (primary N) is 2. The fourth-order valence-corrected chi connectivity index (χ4v) is 4.19. The van der Waals surface area contributed by atoms with E-state index in [2.05, 4.69) is 71.2 Å². The third-order valence-corrected chi connectivity index (χ3v) is 5.64. The summed E-state index contributed by atoms with van der Waals surface area (Å²) in [6.45, 7) is 5.15. The van der Waals surface area contributed by atoms with E-state index in [1.54, 1.807) is 17.4 Å². The van der Waals surface area contributed by atoms with Crippen molar-refractivity contribution in [1.29, 1.82) is 0 Å². The molecule has 0 aliphatic heterocycles. The molecule has 2 aromatic carbocycles. The van der Waals surface area contributed by atoms with E-state index in [1.807, 2.05) is 11.4 Å². The molecule has 0 amide bonds. The van der Waals surface area contributed by atoms with Crippen LogP contribution < -0.4 is 16.4 Å². The van der Waals surface area contributed by atoms with E-state index in [4.69, 9.17) is 16.5 Å². The standard InChI is InChI=1S/C23H24N6S/c1-3-11-29(19-12-17(10-9-15(19)2)16-7-5-4-6-8-16)23-26-18(14-30-23)22-27-20(24)13-21(25)28-22/h4-10,12-14H,3,11H2,1-2H3,(H4,24,25,27,28). The maximum atomic E-state index is 5.83. The minimum absolute atomic E-state index is 0.337. The number of aryl methyl sites for hydroxylation is 1. The molecule has 0 radical (unpaired) electrons. The highest BCUT2D eigenvalue weighted by Crippen LogP contribution is 2.35. The molecule has 0 atom stereocenters. The molecule has 0 saturated heterocycles. The molecule has 0 unspecified atom stereocenters. The van der Waals surface area contributed by atoms with Gasteiger partial charge in [-0.25, -0.2) is 15.0 Å². The van der Waals surface area contributed by atoms with Crippen LogP contribution in [-0.4, -0.2) is 21.5 Å². The van der Waals surface area contributed by atoms with Crippen molar-refractivity contribution in [3.8, 4) is 22.6 Å². The van der Waals surface area contributed by atoms with Gasteiger partial charge in [0.25, 0.3) is 0 Å². The molecule has 30 heavy (non-hydrogen) atoms. The topological polar surface area (TPSA) is 94.0 Å². The molecule has 7 heteroatoms. The number of nitrogen functional groups attached to an aromatic ring is 2. The van der Waals surface area contributed by atoms with E-state index in [-0.39, 0.29) is 0 Å². The molecule has 0 aliphatic carbocycles. The van der Waals surface area contributed by atoms with Crippen LogP contribution in [0.1, 0.15) is 18.9 Å². The van der Waals surface area contributed by atoms with Gasteiger partial charge in [0.1, 0.15) is 17.3 Å². The molecule has 0 spiro atoms. The smallest absolute Gasteiger partial charge is 0.190 e. The lowest BCUT2D eigenvalue weighted by Gasteiger charge is -2.24. The minimum atomic E-state index is 0.337. The van der Waals surface area contributed by atoms with Gasteiger partial charge in [0, 0.05) is 23.7 Å². The zero-order valence-corrected chi connectivity index (χ0v) is 17.9. The zero-order chi connectivity index (χ0) is 21.1. The van der Waals surface area contributed by atoms with Gasteiger partial charge in [-0.15, -0.1) is 11.3 Å². The van der Waals surface area contributed by atoms with Crippen LogP contribution >= 0.6 is 11.3 Å². The maximum Gasteiger partial charge on any atom is 0.190 e. The van der Waals surface area contributed by atoms with Crippen molar-refractivity contribution >= 4 is 33.8 Å². The minimum Gasteiger partial charge on any atom is -0.384 e. The fourth-order valence-electron chi connectivity index (χ4n) is 3.34. The molecule has 6 nitrogen and oxygen atoms in total. The van der Waals surface area contributed by atoms with Crippen LogP contribution in [0.15, 0.2) is 60.0 Å². The number of hydrogen-bond donors (Lipinski definition) is 2. The number of anilines is 4. The maximum absolute atomic E-state index is 5.83. The van der Waals surface area contributed by atoms with E-state index >= 15 is 0 Å². The highest BCUT2D eigenvalue weighted by Gasteiger charge is 2.17. The Bertz CT molecular complexity index is 1140. The summed E-state index contributed by atoms with van der Waals surface area (Å²) in [6, 6.07) is 18.5. The predicted octanol–water partition coefficient (Wildman–Crippen LogP) is 5.29. The Morgan fingerprint density at radius 1 is 0.900 bits per heavy atom. The number of hydrogen-bond acceptors (Lipinski definition) is 7. The Kier molecular flexibility index (Phi) is 5.63. The van der Waals surface area contributed by atoms with Crippen molar-refractivity contribution in [1.82, 2.24) is 15.0 Å². The van der Waals surface area contributed by atoms with Gasteiger partial charge < -0.3 is 16.4 Å². The van der Waals surface area contributed by atoms with Crippen molar-refractivity contribution in [2.45, 2.75) is 20.3 Å². The number of rotatable bonds is 6. The molecule has 2 aromatic heterocycles. The van der Waals surface area contributed by atoms with Crippen molar-refractivity contribution in [3.05, 3.63) is 65.5 Å². The number of benzene rings is 2. The third kappa shape index (κ3) is 4.11. The lowest BCUT2D eigenvalue weighted by molar-refractivity contribution is 0.878. The second kappa shape index (κ2) is 8.51. The summed E-state index contributed by atoms with van der Waals surface area (Å²) >= 11 is 1.56. The van der Waals surface area contributed by atoms with Crippen LogP contribution in [0.4, 0.5) is 22.5 Å². The summed E-state index contributed by atoms with van der Waals surface area (Å²) in [5.41, 5.74) is 17.0. The lowest BCUT2D eigenvalue weighted by Crippen LogP contribution is -2.18. The van der Waals surface area contributed by atoms with Gasteiger partial charge in [0.15, 0.2) is 11.0 Å². The van der Waals surface area contributed by atoms with E-state index in [1.165, 1.54) is 16.7 Å². The molecular formula is C23H24N6S. The SMILES string of the molecule is CCCN(c1nc(-c2nc(N)cc(N)n2)cs1)c1cc(-c2ccccc2)ccc1C. The first-order valence-corrected chi connectivity index (χ1v) is 10.7. The molecule has 0 fully saturated rings. The summed E-state index contributed by atoms with van der Waals surface area (Å²) in [7, 11) is 0. The van der Waals surface area contributed by atoms with Gasteiger partial charge in [-0.1, -0.05) is 49.4 Å². The molecule has 2 heterocycles. The molecule has 152 valence electrons. The van der Waals surface area contributed by atoms with Gasteiger partial charge >= 0.3 is 0 Å². The van der Waals surface area contributed by atoms with Gasteiger partial charge in [-0.05, 0) is 36.1 Å². The number of thiazole rings is 1. The second-order valence-corrected chi connectivity index (χ2v) is 7.91. The van der Waals surface area contributed by atoms with Crippen LogP contribution in [-0.2, 0) is 0 Å². The quantitative estimate of drug-likeness (QED) is 0.444.